The van der Waals surface area contributed by atoms with Gasteiger partial charge in [0.2, 0.25) is 10.0 Å². The minimum absolute atomic E-state index is 0.0427. The average molecular weight is 445 g/mol. The Morgan fingerprint density at radius 2 is 1.72 bits per heavy atom. The molecule has 158 valence electrons. The molecule has 1 N–H and O–H groups in total. The predicted octanol–water partition coefficient (Wildman–Crippen LogP) is 1.41. The highest BCUT2D eigenvalue weighted by atomic mass is 32.2. The van der Waals surface area contributed by atoms with Crippen molar-refractivity contribution >= 4 is 31.5 Å². The van der Waals surface area contributed by atoms with Crippen LogP contribution in [0.15, 0.2) is 47.4 Å². The van der Waals surface area contributed by atoms with Gasteiger partial charge >= 0.3 is 0 Å². The van der Waals surface area contributed by atoms with Gasteiger partial charge in [-0.05, 0) is 29.8 Å². The van der Waals surface area contributed by atoms with Crippen molar-refractivity contribution in [3.8, 4) is 5.75 Å². The summed E-state index contributed by atoms with van der Waals surface area (Å²) in [7, 11) is -5.35. The number of anilines is 1. The maximum atomic E-state index is 12.5. The highest BCUT2D eigenvalue weighted by Crippen LogP contribution is 2.30. The fourth-order valence-electron chi connectivity index (χ4n) is 2.33. The van der Waals surface area contributed by atoms with Crippen molar-refractivity contribution < 1.29 is 30.8 Å². The summed E-state index contributed by atoms with van der Waals surface area (Å²) in [4.78, 5) is 10.2. The van der Waals surface area contributed by atoms with Crippen LogP contribution in [0.4, 0.5) is 11.4 Å². The third-order valence-corrected chi connectivity index (χ3v) is 5.56. The minimum Gasteiger partial charge on any atom is -0.497 e. The topological polar surface area (TPSA) is 145 Å². The number of nitro groups is 1. The van der Waals surface area contributed by atoms with E-state index in [1.807, 2.05) is 0 Å². The molecule has 11 nitrogen and oxygen atoms in total. The van der Waals surface area contributed by atoms with Gasteiger partial charge in [-0.25, -0.2) is 18.2 Å². The number of methoxy groups -OCH3 is 1. The second kappa shape index (κ2) is 8.73. The summed E-state index contributed by atoms with van der Waals surface area (Å²) in [6.45, 7) is -0.0427. The molecule has 0 amide bonds. The third kappa shape index (κ3) is 6.12. The molecule has 13 heteroatoms. The normalized spacial score (nSPS) is 11.8. The van der Waals surface area contributed by atoms with Gasteiger partial charge in [-0.3, -0.25) is 10.1 Å². The zero-order chi connectivity index (χ0) is 21.8. The zero-order valence-corrected chi connectivity index (χ0v) is 17.4. The van der Waals surface area contributed by atoms with Gasteiger partial charge in [0.15, 0.2) is 0 Å². The molecule has 0 aliphatic carbocycles. The lowest BCUT2D eigenvalue weighted by Gasteiger charge is -2.17. The van der Waals surface area contributed by atoms with E-state index in [2.05, 4.69) is 9.01 Å². The number of nitrogens with zero attached hydrogens (tertiary/aromatic N) is 2. The van der Waals surface area contributed by atoms with Crippen LogP contribution in [0.2, 0.25) is 0 Å². The molecular formula is C16H19N3O8S2. The highest BCUT2D eigenvalue weighted by Gasteiger charge is 2.25. The van der Waals surface area contributed by atoms with Crippen molar-refractivity contribution in [3.05, 3.63) is 58.1 Å². The van der Waals surface area contributed by atoms with E-state index in [0.717, 1.165) is 31.5 Å². The minimum atomic E-state index is -4.07. The summed E-state index contributed by atoms with van der Waals surface area (Å²) in [6.07, 6.45) is 0.775. The summed E-state index contributed by atoms with van der Waals surface area (Å²) in [5.74, 6) is 0.614. The smallest absolute Gasteiger partial charge is 0.296 e. The molecule has 2 rings (SSSR count). The Hall–Kier alpha value is -2.74. The molecule has 0 heterocycles. The molecule has 2 aromatic rings. The molecule has 2 aromatic carbocycles. The van der Waals surface area contributed by atoms with E-state index in [1.165, 1.54) is 7.11 Å². The Kier molecular flexibility index (Phi) is 6.79. The van der Waals surface area contributed by atoms with Gasteiger partial charge in [-0.1, -0.05) is 12.1 Å². The Balaban J connectivity index is 2.27. The van der Waals surface area contributed by atoms with E-state index in [4.69, 9.17) is 4.74 Å². The maximum Gasteiger partial charge on any atom is 0.296 e. The molecule has 0 unspecified atom stereocenters. The molecule has 0 saturated carbocycles. The van der Waals surface area contributed by atoms with Gasteiger partial charge in [-0.15, -0.1) is 4.28 Å². The Labute approximate surface area is 168 Å². The Morgan fingerprint density at radius 3 is 2.24 bits per heavy atom. The molecule has 0 bridgehead atoms. The number of nitrogens with one attached hydrogen (secondary N) is 1. The first-order chi connectivity index (χ1) is 13.4. The van der Waals surface area contributed by atoms with Crippen molar-refractivity contribution in [2.75, 3.05) is 25.5 Å². The monoisotopic (exact) mass is 445 g/mol. The third-order valence-electron chi connectivity index (χ3n) is 3.67. The number of benzene rings is 2. The number of hydrogen-bond acceptors (Lipinski definition) is 9. The molecular weight excluding hydrogens is 426 g/mol. The number of sulfonamides is 1. The van der Waals surface area contributed by atoms with Gasteiger partial charge in [0.25, 0.3) is 15.8 Å². The Bertz CT molecular complexity index is 1100. The van der Waals surface area contributed by atoms with Crippen molar-refractivity contribution in [1.82, 2.24) is 4.72 Å². The van der Waals surface area contributed by atoms with Crippen LogP contribution in [0, 0.1) is 10.1 Å². The summed E-state index contributed by atoms with van der Waals surface area (Å²) in [5, 5.41) is 12.0. The van der Waals surface area contributed by atoms with Gasteiger partial charge in [0.05, 0.1) is 23.2 Å². The summed E-state index contributed by atoms with van der Waals surface area (Å²) < 4.78 is 59.5. The number of ether oxygens (including phenoxy) is 1. The molecule has 0 atom stereocenters. The highest BCUT2D eigenvalue weighted by molar-refractivity contribution is 7.89. The summed E-state index contributed by atoms with van der Waals surface area (Å²) in [6, 6.07) is 9.70. The van der Waals surface area contributed by atoms with E-state index in [0.29, 0.717) is 16.4 Å². The maximum absolute atomic E-state index is 12.5. The van der Waals surface area contributed by atoms with Crippen LogP contribution in [-0.4, -0.2) is 42.2 Å². The van der Waals surface area contributed by atoms with E-state index in [1.54, 1.807) is 24.3 Å². The lowest BCUT2D eigenvalue weighted by Crippen LogP contribution is -2.25. The van der Waals surface area contributed by atoms with Crippen LogP contribution in [-0.2, 0) is 31.0 Å². The summed E-state index contributed by atoms with van der Waals surface area (Å²) >= 11 is 0. The quantitative estimate of drug-likeness (QED) is 0.447. The van der Waals surface area contributed by atoms with Gasteiger partial charge in [0.1, 0.15) is 11.4 Å². The van der Waals surface area contributed by atoms with E-state index >= 15 is 0 Å². The first-order valence-electron chi connectivity index (χ1n) is 7.97. The first kappa shape index (κ1) is 22.5. The van der Waals surface area contributed by atoms with Gasteiger partial charge in [0, 0.05) is 19.7 Å². The largest absolute Gasteiger partial charge is 0.497 e. The summed E-state index contributed by atoms with van der Waals surface area (Å²) in [5.41, 5.74) is -0.209. The standard InChI is InChI=1S/C16H19N3O8S2/c1-18(27-28(3,22)23)15-9-8-14(10-16(15)19(20)21)29(24,25)17-11-12-4-6-13(26-2)7-5-12/h4-10,17H,11H2,1-3H3. The van der Waals surface area contributed by atoms with Crippen LogP contribution < -0.4 is 14.5 Å². The molecule has 0 spiro atoms. The lowest BCUT2D eigenvalue weighted by molar-refractivity contribution is -0.384. The molecule has 0 aromatic heterocycles. The van der Waals surface area contributed by atoms with E-state index in [9.17, 15) is 26.9 Å². The molecule has 29 heavy (non-hydrogen) atoms. The van der Waals surface area contributed by atoms with Crippen LogP contribution in [0.5, 0.6) is 5.75 Å². The van der Waals surface area contributed by atoms with Gasteiger partial charge in [-0.2, -0.15) is 8.42 Å². The molecule has 0 saturated heterocycles. The lowest BCUT2D eigenvalue weighted by atomic mass is 10.2. The van der Waals surface area contributed by atoms with Gasteiger partial charge < -0.3 is 4.74 Å². The second-order valence-corrected chi connectivity index (χ2v) is 9.18. The molecule has 0 aliphatic heterocycles. The van der Waals surface area contributed by atoms with Crippen LogP contribution in [0.25, 0.3) is 0 Å². The van der Waals surface area contributed by atoms with Crippen molar-refractivity contribution in [3.63, 3.8) is 0 Å². The second-order valence-electron chi connectivity index (χ2n) is 5.86. The number of hydroxylamine groups is 1. The van der Waals surface area contributed by atoms with E-state index < -0.39 is 30.8 Å². The van der Waals surface area contributed by atoms with Crippen LogP contribution in [0.1, 0.15) is 5.56 Å². The predicted molar refractivity (Wildman–Crippen MR) is 104 cm³/mol. The molecule has 0 fully saturated rings. The van der Waals surface area contributed by atoms with Crippen LogP contribution >= 0.6 is 0 Å². The van der Waals surface area contributed by atoms with Crippen LogP contribution in [0.3, 0.4) is 0 Å². The molecule has 0 aliphatic rings. The fraction of sp³-hybridized carbons (Fsp3) is 0.250. The van der Waals surface area contributed by atoms with Crippen molar-refractivity contribution in [2.45, 2.75) is 11.4 Å². The SMILES string of the molecule is COc1ccc(CNS(=O)(=O)c2ccc(N(C)OS(C)(=O)=O)c([N+](=O)[O-])c2)cc1. The average Bonchev–Trinajstić information content (AvgIpc) is 2.65. The Morgan fingerprint density at radius 1 is 1.10 bits per heavy atom. The zero-order valence-electron chi connectivity index (χ0n) is 15.7. The number of nitro benzene ring substituents is 1. The van der Waals surface area contributed by atoms with Crippen molar-refractivity contribution in [1.29, 1.82) is 0 Å². The first-order valence-corrected chi connectivity index (χ1v) is 11.3. The number of rotatable bonds is 9. The fourth-order valence-corrected chi connectivity index (χ4v) is 3.86. The van der Waals surface area contributed by atoms with Crippen molar-refractivity contribution in [2.24, 2.45) is 0 Å². The molecule has 0 radical (unpaired) electrons. The van der Waals surface area contributed by atoms with E-state index in [-0.39, 0.29) is 17.1 Å². The number of hydrogen-bond donors (Lipinski definition) is 1.